The molecule has 1 heterocycles. The second-order valence-electron chi connectivity index (χ2n) is 9.12. The molecule has 3 heteroatoms. The standard InChI is InChI=1S/C27H31N3/c1-18-9-6-10-19(2)26(18)24-17-23(21-12-7-13-21)27(29-28-24)30(3)25-16-8-14-20-11-4-5-15-22(20)25/h4-6,9-11,15,17,21,25H,7-8,12-14,16H2,1-3H3. The zero-order valence-corrected chi connectivity index (χ0v) is 18.4. The summed E-state index contributed by atoms with van der Waals surface area (Å²) in [6.45, 7) is 4.35. The van der Waals surface area contributed by atoms with Crippen molar-refractivity contribution in [3.05, 3.63) is 76.3 Å². The number of aryl methyl sites for hydroxylation is 3. The van der Waals surface area contributed by atoms with Crippen molar-refractivity contribution in [3.8, 4) is 11.3 Å². The largest absolute Gasteiger partial charge is 0.351 e. The van der Waals surface area contributed by atoms with E-state index in [1.165, 1.54) is 71.9 Å². The molecule has 2 aliphatic carbocycles. The highest BCUT2D eigenvalue weighted by molar-refractivity contribution is 5.69. The molecule has 5 rings (SSSR count). The average molecular weight is 398 g/mol. The second kappa shape index (κ2) is 7.86. The number of rotatable bonds is 4. The van der Waals surface area contributed by atoms with Crippen LogP contribution in [-0.4, -0.2) is 17.2 Å². The third-order valence-electron chi connectivity index (χ3n) is 7.22. The number of fused-ring (bicyclic) bond motifs is 1. The summed E-state index contributed by atoms with van der Waals surface area (Å²) in [6.07, 6.45) is 7.45. The van der Waals surface area contributed by atoms with E-state index in [1.54, 1.807) is 0 Å². The van der Waals surface area contributed by atoms with E-state index in [1.807, 2.05) is 0 Å². The van der Waals surface area contributed by atoms with Gasteiger partial charge in [-0.25, -0.2) is 0 Å². The highest BCUT2D eigenvalue weighted by atomic mass is 15.3. The minimum atomic E-state index is 0.383. The minimum Gasteiger partial charge on any atom is -0.351 e. The van der Waals surface area contributed by atoms with Gasteiger partial charge < -0.3 is 4.90 Å². The maximum Gasteiger partial charge on any atom is 0.155 e. The van der Waals surface area contributed by atoms with Gasteiger partial charge >= 0.3 is 0 Å². The van der Waals surface area contributed by atoms with Gasteiger partial charge in [-0.1, -0.05) is 48.9 Å². The molecule has 1 unspecified atom stereocenters. The van der Waals surface area contributed by atoms with Crippen molar-refractivity contribution < 1.29 is 0 Å². The lowest BCUT2D eigenvalue weighted by atomic mass is 9.79. The van der Waals surface area contributed by atoms with Crippen molar-refractivity contribution in [1.82, 2.24) is 10.2 Å². The molecule has 1 saturated carbocycles. The van der Waals surface area contributed by atoms with Crippen LogP contribution < -0.4 is 4.90 Å². The van der Waals surface area contributed by atoms with Crippen LogP contribution in [0.5, 0.6) is 0 Å². The number of hydrogen-bond donors (Lipinski definition) is 0. The van der Waals surface area contributed by atoms with Crippen LogP contribution in [0.3, 0.4) is 0 Å². The number of anilines is 1. The Balaban J connectivity index is 1.57. The van der Waals surface area contributed by atoms with Crippen LogP contribution in [0.15, 0.2) is 48.5 Å². The molecular weight excluding hydrogens is 366 g/mol. The predicted molar refractivity (Wildman–Crippen MR) is 124 cm³/mol. The van der Waals surface area contributed by atoms with Gasteiger partial charge in [-0.2, -0.15) is 0 Å². The van der Waals surface area contributed by atoms with E-state index >= 15 is 0 Å². The number of benzene rings is 2. The van der Waals surface area contributed by atoms with Gasteiger partial charge in [0.05, 0.1) is 11.7 Å². The molecule has 3 aromatic rings. The topological polar surface area (TPSA) is 29.0 Å². The molecule has 0 N–H and O–H groups in total. The smallest absolute Gasteiger partial charge is 0.155 e. The van der Waals surface area contributed by atoms with Gasteiger partial charge in [0.15, 0.2) is 5.82 Å². The monoisotopic (exact) mass is 397 g/mol. The van der Waals surface area contributed by atoms with Crippen molar-refractivity contribution in [2.24, 2.45) is 0 Å². The molecule has 0 aliphatic heterocycles. The Morgan fingerprint density at radius 3 is 2.33 bits per heavy atom. The summed E-state index contributed by atoms with van der Waals surface area (Å²) in [6, 6.07) is 18.1. The highest BCUT2D eigenvalue weighted by Crippen LogP contribution is 2.44. The first-order chi connectivity index (χ1) is 14.6. The molecule has 2 aromatic carbocycles. The average Bonchev–Trinajstić information content (AvgIpc) is 2.72. The van der Waals surface area contributed by atoms with E-state index in [0.717, 1.165) is 11.5 Å². The summed E-state index contributed by atoms with van der Waals surface area (Å²) < 4.78 is 0. The van der Waals surface area contributed by atoms with Crippen LogP contribution in [0.25, 0.3) is 11.3 Å². The van der Waals surface area contributed by atoms with Crippen molar-refractivity contribution >= 4 is 5.82 Å². The first-order valence-corrected chi connectivity index (χ1v) is 11.4. The summed E-state index contributed by atoms with van der Waals surface area (Å²) in [4.78, 5) is 2.41. The number of aromatic nitrogens is 2. The molecular formula is C27H31N3. The Hall–Kier alpha value is -2.68. The quantitative estimate of drug-likeness (QED) is 0.500. The van der Waals surface area contributed by atoms with E-state index < -0.39 is 0 Å². The highest BCUT2D eigenvalue weighted by Gasteiger charge is 2.30. The van der Waals surface area contributed by atoms with Gasteiger partial charge in [0.1, 0.15) is 0 Å². The fourth-order valence-electron chi connectivity index (χ4n) is 5.31. The molecule has 3 nitrogen and oxygen atoms in total. The minimum absolute atomic E-state index is 0.383. The fourth-order valence-corrected chi connectivity index (χ4v) is 5.31. The van der Waals surface area contributed by atoms with E-state index in [0.29, 0.717) is 12.0 Å². The molecule has 1 fully saturated rings. The van der Waals surface area contributed by atoms with Crippen LogP contribution in [0, 0.1) is 13.8 Å². The molecule has 0 amide bonds. The molecule has 154 valence electrons. The Labute approximate surface area is 180 Å². The summed E-state index contributed by atoms with van der Waals surface area (Å²) in [5.41, 5.74) is 9.14. The van der Waals surface area contributed by atoms with E-state index in [9.17, 15) is 0 Å². The van der Waals surface area contributed by atoms with Crippen molar-refractivity contribution in [2.45, 2.75) is 64.3 Å². The predicted octanol–water partition coefficient (Wildman–Crippen LogP) is 6.54. The van der Waals surface area contributed by atoms with E-state index in [-0.39, 0.29) is 0 Å². The SMILES string of the molecule is Cc1cccc(C)c1-c1cc(C2CCC2)c(N(C)C2CCCc3ccccc32)nn1. The first-order valence-electron chi connectivity index (χ1n) is 11.4. The molecule has 0 spiro atoms. The van der Waals surface area contributed by atoms with Crippen LogP contribution in [0.1, 0.15) is 71.9 Å². The van der Waals surface area contributed by atoms with Crippen LogP contribution >= 0.6 is 0 Å². The summed E-state index contributed by atoms with van der Waals surface area (Å²) in [5, 5.41) is 9.62. The summed E-state index contributed by atoms with van der Waals surface area (Å²) in [5.74, 6) is 1.69. The molecule has 30 heavy (non-hydrogen) atoms. The van der Waals surface area contributed by atoms with Crippen molar-refractivity contribution in [3.63, 3.8) is 0 Å². The first kappa shape index (κ1) is 19.3. The molecule has 1 atom stereocenters. The van der Waals surface area contributed by atoms with Gasteiger partial charge in [0.25, 0.3) is 0 Å². The molecule has 1 aromatic heterocycles. The van der Waals surface area contributed by atoms with Gasteiger partial charge in [-0.15, -0.1) is 10.2 Å². The maximum atomic E-state index is 4.86. The zero-order chi connectivity index (χ0) is 20.7. The third-order valence-corrected chi connectivity index (χ3v) is 7.22. The van der Waals surface area contributed by atoms with Crippen LogP contribution in [0.2, 0.25) is 0 Å². The van der Waals surface area contributed by atoms with Crippen molar-refractivity contribution in [1.29, 1.82) is 0 Å². The van der Waals surface area contributed by atoms with E-state index in [2.05, 4.69) is 74.3 Å². The molecule has 0 bridgehead atoms. The zero-order valence-electron chi connectivity index (χ0n) is 18.4. The third kappa shape index (κ3) is 3.30. The second-order valence-corrected chi connectivity index (χ2v) is 9.12. The summed E-state index contributed by atoms with van der Waals surface area (Å²) in [7, 11) is 2.22. The Morgan fingerprint density at radius 1 is 0.833 bits per heavy atom. The summed E-state index contributed by atoms with van der Waals surface area (Å²) >= 11 is 0. The number of nitrogens with zero attached hydrogens (tertiary/aromatic N) is 3. The van der Waals surface area contributed by atoms with Gasteiger partial charge in [0, 0.05) is 18.2 Å². The van der Waals surface area contributed by atoms with Gasteiger partial charge in [0.2, 0.25) is 0 Å². The fraction of sp³-hybridized carbons (Fsp3) is 0.407. The van der Waals surface area contributed by atoms with E-state index in [4.69, 9.17) is 10.2 Å². The lowest BCUT2D eigenvalue weighted by Gasteiger charge is -2.37. The molecule has 0 radical (unpaired) electrons. The van der Waals surface area contributed by atoms with Gasteiger partial charge in [-0.3, -0.25) is 0 Å². The molecule has 2 aliphatic rings. The Bertz CT molecular complexity index is 1050. The number of hydrogen-bond acceptors (Lipinski definition) is 3. The lowest BCUT2D eigenvalue weighted by Crippen LogP contribution is -2.30. The Morgan fingerprint density at radius 2 is 1.60 bits per heavy atom. The molecule has 0 saturated heterocycles. The Kier molecular flexibility index (Phi) is 5.06. The van der Waals surface area contributed by atoms with Crippen LogP contribution in [-0.2, 0) is 6.42 Å². The van der Waals surface area contributed by atoms with Crippen LogP contribution in [0.4, 0.5) is 5.82 Å². The van der Waals surface area contributed by atoms with Gasteiger partial charge in [-0.05, 0) is 80.2 Å². The van der Waals surface area contributed by atoms with Crippen molar-refractivity contribution in [2.75, 3.05) is 11.9 Å². The maximum absolute atomic E-state index is 4.86. The normalized spacial score (nSPS) is 18.6. The lowest BCUT2D eigenvalue weighted by molar-refractivity contribution is 0.416.